The molecule has 0 N–H and O–H groups in total. The number of allylic oxidation sites excluding steroid dienone is 1. The summed E-state index contributed by atoms with van der Waals surface area (Å²) in [4.78, 5) is 33.4. The number of hydrogen-bond donors (Lipinski definition) is 0. The van der Waals surface area contributed by atoms with Crippen LogP contribution in [-0.4, -0.2) is 28.8 Å². The van der Waals surface area contributed by atoms with Gasteiger partial charge < -0.3 is 14.0 Å². The van der Waals surface area contributed by atoms with Crippen molar-refractivity contribution in [1.29, 1.82) is 0 Å². The number of fused-ring (bicyclic) bond motifs is 2. The Bertz CT molecular complexity index is 2130. The Morgan fingerprint density at radius 3 is 2.56 bits per heavy atom. The number of benzene rings is 3. The number of hydrogen-bond acceptors (Lipinski definition) is 6. The summed E-state index contributed by atoms with van der Waals surface area (Å²) in [7, 11) is 1.56. The van der Waals surface area contributed by atoms with Gasteiger partial charge >= 0.3 is 5.97 Å². The summed E-state index contributed by atoms with van der Waals surface area (Å²) in [5.41, 5.74) is 5.59. The molecule has 0 saturated carbocycles. The quantitative estimate of drug-likeness (QED) is 0.171. The molecule has 6 rings (SSSR count). The average molecular weight is 640 g/mol. The second-order valence-electron chi connectivity index (χ2n) is 10.9. The van der Waals surface area contributed by atoms with E-state index in [0.29, 0.717) is 49.9 Å². The Labute approximate surface area is 270 Å². The second kappa shape index (κ2) is 12.9. The van der Waals surface area contributed by atoms with Gasteiger partial charge in [0, 0.05) is 39.3 Å². The number of aromatic nitrogens is 2. The molecule has 5 aromatic rings. The van der Waals surface area contributed by atoms with E-state index in [1.54, 1.807) is 36.8 Å². The van der Waals surface area contributed by atoms with Crippen LogP contribution in [-0.2, 0) is 16.1 Å². The van der Waals surface area contributed by atoms with Gasteiger partial charge in [0.25, 0.3) is 5.56 Å². The maximum atomic E-state index is 14.4. The zero-order valence-corrected chi connectivity index (χ0v) is 27.2. The first-order chi connectivity index (χ1) is 21.9. The molecule has 0 bridgehead atoms. The predicted octanol–water partition coefficient (Wildman–Crippen LogP) is 6.55. The number of methoxy groups -OCH3 is 1. The van der Waals surface area contributed by atoms with Gasteiger partial charge in [0.2, 0.25) is 0 Å². The number of ether oxygens (including phenoxy) is 2. The zero-order valence-electron chi connectivity index (χ0n) is 25.7. The van der Waals surface area contributed by atoms with Crippen LogP contribution in [0.1, 0.15) is 55.1 Å². The number of nitrogens with zero attached hydrogens (tertiary/aromatic N) is 3. The number of para-hydroxylation sites is 1. The fourth-order valence-electron chi connectivity index (χ4n) is 6.07. The van der Waals surface area contributed by atoms with Crippen LogP contribution >= 0.6 is 22.9 Å². The summed E-state index contributed by atoms with van der Waals surface area (Å²) < 4.78 is 15.7. The fourth-order valence-corrected chi connectivity index (χ4v) is 7.26. The predicted molar refractivity (Wildman–Crippen MR) is 180 cm³/mol. The Balaban J connectivity index is 1.61. The Morgan fingerprint density at radius 1 is 1.07 bits per heavy atom. The van der Waals surface area contributed by atoms with Crippen LogP contribution in [0, 0.1) is 6.92 Å². The Morgan fingerprint density at radius 2 is 1.82 bits per heavy atom. The van der Waals surface area contributed by atoms with Crippen LogP contribution in [0.3, 0.4) is 0 Å². The van der Waals surface area contributed by atoms with Gasteiger partial charge in [-0.15, -0.1) is 0 Å². The highest BCUT2D eigenvalue weighted by Gasteiger charge is 2.36. The molecule has 0 saturated heterocycles. The van der Waals surface area contributed by atoms with Crippen molar-refractivity contribution in [3.63, 3.8) is 0 Å². The molecule has 0 amide bonds. The van der Waals surface area contributed by atoms with Gasteiger partial charge in [-0.2, -0.15) is 0 Å². The van der Waals surface area contributed by atoms with Crippen molar-refractivity contribution in [2.45, 2.75) is 46.2 Å². The summed E-state index contributed by atoms with van der Waals surface area (Å²) in [6, 6.07) is 23.0. The molecule has 0 spiro atoms. The summed E-state index contributed by atoms with van der Waals surface area (Å²) in [5, 5.41) is 1.52. The summed E-state index contributed by atoms with van der Waals surface area (Å²) in [6.07, 6.45) is 3.27. The highest BCUT2D eigenvalue weighted by molar-refractivity contribution is 7.07. The van der Waals surface area contributed by atoms with Crippen molar-refractivity contribution in [2.75, 3.05) is 13.7 Å². The van der Waals surface area contributed by atoms with Gasteiger partial charge in [0.1, 0.15) is 11.8 Å². The van der Waals surface area contributed by atoms with Gasteiger partial charge in [0.05, 0.1) is 29.5 Å². The standard InChI is InChI=1S/C36H34ClN3O4S/c1-5-12-28-32(35(42)44-6-2)33(27-19-24(37)17-18-30(27)43-4)40-34(41)31(45-36(40)38-28)20-26-22(3)39(21-23-13-8-7-9-14-23)29-16-11-10-15-25(26)29/h7-11,13-20,33H,5-6,12,21H2,1-4H3/b31-20+/t33-/m1/s1. The van der Waals surface area contributed by atoms with Crippen molar-refractivity contribution < 1.29 is 14.3 Å². The molecule has 1 aliphatic heterocycles. The average Bonchev–Trinajstić information content (AvgIpc) is 3.49. The van der Waals surface area contributed by atoms with E-state index < -0.39 is 12.0 Å². The number of esters is 1. The van der Waals surface area contributed by atoms with E-state index in [0.717, 1.165) is 28.6 Å². The van der Waals surface area contributed by atoms with Gasteiger partial charge in [-0.25, -0.2) is 9.79 Å². The third-order valence-electron chi connectivity index (χ3n) is 8.12. The first kappa shape index (κ1) is 30.6. The van der Waals surface area contributed by atoms with Crippen molar-refractivity contribution in [1.82, 2.24) is 9.13 Å². The van der Waals surface area contributed by atoms with Crippen LogP contribution in [0.15, 0.2) is 93.9 Å². The molecule has 1 atom stereocenters. The van der Waals surface area contributed by atoms with Crippen LogP contribution < -0.4 is 19.6 Å². The zero-order chi connectivity index (χ0) is 31.7. The molecular weight excluding hydrogens is 606 g/mol. The van der Waals surface area contributed by atoms with Gasteiger partial charge in [-0.05, 0) is 56.2 Å². The third-order valence-corrected chi connectivity index (χ3v) is 9.34. The topological polar surface area (TPSA) is 74.8 Å². The summed E-state index contributed by atoms with van der Waals surface area (Å²) >= 11 is 7.81. The normalized spacial score (nSPS) is 14.9. The maximum Gasteiger partial charge on any atom is 0.338 e. The molecule has 2 aromatic heterocycles. The molecule has 7 nitrogen and oxygen atoms in total. The summed E-state index contributed by atoms with van der Waals surface area (Å²) in [5.74, 6) is 0.00388. The number of carbonyl (C=O) groups excluding carboxylic acids is 1. The molecule has 0 unspecified atom stereocenters. The first-order valence-corrected chi connectivity index (χ1v) is 16.2. The monoisotopic (exact) mass is 639 g/mol. The van der Waals surface area contributed by atoms with Gasteiger partial charge in [-0.3, -0.25) is 9.36 Å². The molecule has 0 fully saturated rings. The van der Waals surface area contributed by atoms with Gasteiger partial charge in [0.15, 0.2) is 4.80 Å². The first-order valence-electron chi connectivity index (χ1n) is 15.0. The van der Waals surface area contributed by atoms with Gasteiger partial charge in [-0.1, -0.05) is 84.8 Å². The Hall–Kier alpha value is -4.40. The minimum atomic E-state index is -0.821. The molecule has 230 valence electrons. The number of rotatable bonds is 9. The van der Waals surface area contributed by atoms with Crippen molar-refractivity contribution in [3.8, 4) is 5.75 Å². The van der Waals surface area contributed by atoms with E-state index in [1.807, 2.05) is 43.3 Å². The molecule has 0 aliphatic carbocycles. The summed E-state index contributed by atoms with van der Waals surface area (Å²) in [6.45, 7) is 6.78. The van der Waals surface area contributed by atoms with E-state index in [2.05, 4.69) is 35.8 Å². The molecule has 45 heavy (non-hydrogen) atoms. The maximum absolute atomic E-state index is 14.4. The van der Waals surface area contributed by atoms with E-state index in [1.165, 1.54) is 16.9 Å². The lowest BCUT2D eigenvalue weighted by molar-refractivity contribution is -0.139. The highest BCUT2D eigenvalue weighted by atomic mass is 35.5. The smallest absolute Gasteiger partial charge is 0.338 e. The van der Waals surface area contributed by atoms with Crippen LogP contribution in [0.5, 0.6) is 5.75 Å². The van der Waals surface area contributed by atoms with E-state index >= 15 is 0 Å². The van der Waals surface area contributed by atoms with Crippen molar-refractivity contribution >= 4 is 45.9 Å². The SMILES string of the molecule is CCCC1=C(C(=O)OCC)[C@@H](c2cc(Cl)ccc2OC)n2c(s/c(=C/c3c(C)n(Cc4ccccc4)c4ccccc34)c2=O)=N1. The number of halogens is 1. The van der Waals surface area contributed by atoms with Crippen LogP contribution in [0.25, 0.3) is 17.0 Å². The second-order valence-corrected chi connectivity index (χ2v) is 12.3. The van der Waals surface area contributed by atoms with Crippen LogP contribution in [0.4, 0.5) is 0 Å². The molecule has 3 heterocycles. The lowest BCUT2D eigenvalue weighted by Crippen LogP contribution is -2.40. The molecule has 3 aromatic carbocycles. The fraction of sp³-hybridized carbons (Fsp3) is 0.250. The molecule has 9 heteroatoms. The van der Waals surface area contributed by atoms with Crippen molar-refractivity contribution in [2.24, 2.45) is 4.99 Å². The Kier molecular flexibility index (Phi) is 8.79. The minimum Gasteiger partial charge on any atom is -0.496 e. The van der Waals surface area contributed by atoms with E-state index in [4.69, 9.17) is 26.1 Å². The molecule has 1 aliphatic rings. The minimum absolute atomic E-state index is 0.192. The van der Waals surface area contributed by atoms with Crippen molar-refractivity contribution in [3.05, 3.63) is 131 Å². The number of thiazole rings is 1. The van der Waals surface area contributed by atoms with E-state index in [-0.39, 0.29) is 12.2 Å². The highest BCUT2D eigenvalue weighted by Crippen LogP contribution is 2.38. The lowest BCUT2D eigenvalue weighted by Gasteiger charge is -2.27. The molecular formula is C36H34ClN3O4S. The largest absolute Gasteiger partial charge is 0.496 e. The lowest BCUT2D eigenvalue weighted by atomic mass is 9.93. The third kappa shape index (κ3) is 5.64. The number of carbonyl (C=O) groups is 1. The molecule has 0 radical (unpaired) electrons. The van der Waals surface area contributed by atoms with E-state index in [9.17, 15) is 9.59 Å². The van der Waals surface area contributed by atoms with Crippen LogP contribution in [0.2, 0.25) is 5.02 Å².